The summed E-state index contributed by atoms with van der Waals surface area (Å²) in [6.45, 7) is 1.81. The molecule has 0 aliphatic rings. The first-order valence-electron chi connectivity index (χ1n) is 4.90. The number of aromatic nitrogens is 1. The van der Waals surface area contributed by atoms with Crippen LogP contribution in [0.3, 0.4) is 0 Å². The molecule has 0 aromatic carbocycles. The lowest BCUT2D eigenvalue weighted by Crippen LogP contribution is -2.31. The summed E-state index contributed by atoms with van der Waals surface area (Å²) in [6.07, 6.45) is 3.12. The number of alkyl halides is 1. The van der Waals surface area contributed by atoms with Crippen LogP contribution in [0.5, 0.6) is 0 Å². The molecule has 16 heavy (non-hydrogen) atoms. The molecule has 0 saturated heterocycles. The van der Waals surface area contributed by atoms with Crippen LogP contribution in [0.15, 0.2) is 24.5 Å². The van der Waals surface area contributed by atoms with E-state index in [9.17, 15) is 8.42 Å². The van der Waals surface area contributed by atoms with Crippen LogP contribution in [0.25, 0.3) is 0 Å². The van der Waals surface area contributed by atoms with E-state index in [0.717, 1.165) is 0 Å². The molecule has 0 saturated carbocycles. The topological polar surface area (TPSA) is 50.3 Å². The average molecular weight is 263 g/mol. The molecule has 4 nitrogen and oxygen atoms in total. The number of hydrogen-bond donors (Lipinski definition) is 0. The molecule has 0 spiro atoms. The van der Waals surface area contributed by atoms with Gasteiger partial charge in [0, 0.05) is 19.1 Å². The Balaban J connectivity index is 2.85. The molecule has 0 amide bonds. The zero-order valence-electron chi connectivity index (χ0n) is 9.30. The number of rotatable bonds is 5. The summed E-state index contributed by atoms with van der Waals surface area (Å²) in [7, 11) is -1.79. The van der Waals surface area contributed by atoms with Crippen LogP contribution in [0.4, 0.5) is 5.69 Å². The molecule has 1 unspecified atom stereocenters. The van der Waals surface area contributed by atoms with Crippen LogP contribution in [0.1, 0.15) is 6.92 Å². The molecule has 0 bridgehead atoms. The van der Waals surface area contributed by atoms with Gasteiger partial charge in [0.05, 0.1) is 17.6 Å². The third-order valence-corrected chi connectivity index (χ3v) is 4.75. The maximum atomic E-state index is 11.9. The first-order chi connectivity index (χ1) is 7.47. The van der Waals surface area contributed by atoms with Gasteiger partial charge in [0.15, 0.2) is 0 Å². The number of hydrogen-bond acceptors (Lipinski definition) is 3. The summed E-state index contributed by atoms with van der Waals surface area (Å²) in [5, 5.41) is 0. The number of anilines is 1. The highest BCUT2D eigenvalue weighted by Gasteiger charge is 2.21. The summed E-state index contributed by atoms with van der Waals surface area (Å²) in [4.78, 5) is 3.89. The van der Waals surface area contributed by atoms with Crippen molar-refractivity contribution in [3.05, 3.63) is 24.5 Å². The van der Waals surface area contributed by atoms with E-state index in [1.807, 2.05) is 6.92 Å². The highest BCUT2D eigenvalue weighted by Crippen LogP contribution is 2.16. The molecule has 0 N–H and O–H groups in total. The standard InChI is InChI=1S/C10H15ClN2O2S/c1-9(6-11)8-16(14,15)13(2)10-4-3-5-12-7-10/h3-5,7,9H,6,8H2,1-2H3. The van der Waals surface area contributed by atoms with E-state index in [2.05, 4.69) is 4.98 Å². The Labute approximate surface area is 101 Å². The van der Waals surface area contributed by atoms with E-state index in [-0.39, 0.29) is 11.7 Å². The van der Waals surface area contributed by atoms with Crippen molar-refractivity contribution < 1.29 is 8.42 Å². The lowest BCUT2D eigenvalue weighted by Gasteiger charge is -2.20. The van der Waals surface area contributed by atoms with Gasteiger partial charge in [0.1, 0.15) is 0 Å². The third kappa shape index (κ3) is 3.35. The molecule has 1 heterocycles. The van der Waals surface area contributed by atoms with E-state index >= 15 is 0 Å². The zero-order chi connectivity index (χ0) is 12.2. The number of halogens is 1. The van der Waals surface area contributed by atoms with Gasteiger partial charge < -0.3 is 0 Å². The van der Waals surface area contributed by atoms with Gasteiger partial charge >= 0.3 is 0 Å². The summed E-state index contributed by atoms with van der Waals surface area (Å²) < 4.78 is 25.1. The van der Waals surface area contributed by atoms with Crippen molar-refractivity contribution in [1.82, 2.24) is 4.98 Å². The van der Waals surface area contributed by atoms with Crippen LogP contribution in [0.2, 0.25) is 0 Å². The first kappa shape index (κ1) is 13.3. The smallest absolute Gasteiger partial charge is 0.235 e. The second-order valence-electron chi connectivity index (χ2n) is 3.72. The Hall–Kier alpha value is -0.810. The molecule has 90 valence electrons. The molecule has 0 fully saturated rings. The maximum Gasteiger partial charge on any atom is 0.235 e. The van der Waals surface area contributed by atoms with E-state index in [1.54, 1.807) is 18.3 Å². The Morgan fingerprint density at radius 2 is 2.25 bits per heavy atom. The monoisotopic (exact) mass is 262 g/mol. The zero-order valence-corrected chi connectivity index (χ0v) is 10.9. The van der Waals surface area contributed by atoms with Gasteiger partial charge in [-0.3, -0.25) is 9.29 Å². The van der Waals surface area contributed by atoms with Crippen LogP contribution in [0, 0.1) is 5.92 Å². The van der Waals surface area contributed by atoms with Gasteiger partial charge in [-0.15, -0.1) is 11.6 Å². The first-order valence-corrected chi connectivity index (χ1v) is 7.04. The SMILES string of the molecule is CC(CCl)CS(=O)(=O)N(C)c1cccnc1. The van der Waals surface area contributed by atoms with Gasteiger partial charge in [-0.25, -0.2) is 8.42 Å². The molecular formula is C10H15ClN2O2S. The second-order valence-corrected chi connectivity index (χ2v) is 6.07. The summed E-state index contributed by atoms with van der Waals surface area (Å²) in [5.41, 5.74) is 0.560. The lowest BCUT2D eigenvalue weighted by atomic mass is 10.3. The molecule has 0 aliphatic heterocycles. The Morgan fingerprint density at radius 1 is 1.56 bits per heavy atom. The molecule has 1 rings (SSSR count). The summed E-state index contributed by atoms with van der Waals surface area (Å²) in [6, 6.07) is 3.41. The minimum absolute atomic E-state index is 0.0435. The van der Waals surface area contributed by atoms with Gasteiger partial charge in [0.25, 0.3) is 0 Å². The minimum atomic E-state index is -3.32. The van der Waals surface area contributed by atoms with Gasteiger partial charge in [-0.2, -0.15) is 0 Å². The Bertz CT molecular complexity index is 422. The molecule has 0 aliphatic carbocycles. The Morgan fingerprint density at radius 3 is 2.75 bits per heavy atom. The van der Waals surface area contributed by atoms with Crippen molar-refractivity contribution in [3.63, 3.8) is 0 Å². The minimum Gasteiger partial charge on any atom is -0.272 e. The maximum absolute atomic E-state index is 11.9. The van der Waals surface area contributed by atoms with Crippen molar-refractivity contribution in [2.75, 3.05) is 23.0 Å². The fourth-order valence-corrected chi connectivity index (χ4v) is 2.94. The number of pyridine rings is 1. The van der Waals surface area contributed by atoms with Crippen molar-refractivity contribution >= 4 is 27.3 Å². The number of nitrogens with zero attached hydrogens (tertiary/aromatic N) is 2. The highest BCUT2D eigenvalue weighted by atomic mass is 35.5. The second kappa shape index (κ2) is 5.50. The van der Waals surface area contributed by atoms with Crippen LogP contribution in [-0.4, -0.2) is 32.1 Å². The molecule has 6 heteroatoms. The van der Waals surface area contributed by atoms with Crippen LogP contribution >= 0.6 is 11.6 Å². The van der Waals surface area contributed by atoms with E-state index < -0.39 is 10.0 Å². The quantitative estimate of drug-likeness (QED) is 0.760. The lowest BCUT2D eigenvalue weighted by molar-refractivity contribution is 0.581. The van der Waals surface area contributed by atoms with E-state index in [4.69, 9.17) is 11.6 Å². The Kier molecular flexibility index (Phi) is 4.56. The predicted octanol–water partition coefficient (Wildman–Crippen LogP) is 1.72. The molecular weight excluding hydrogens is 248 g/mol. The van der Waals surface area contributed by atoms with Gasteiger partial charge in [-0.05, 0) is 18.1 Å². The van der Waals surface area contributed by atoms with Gasteiger partial charge in [-0.1, -0.05) is 6.92 Å². The highest BCUT2D eigenvalue weighted by molar-refractivity contribution is 7.92. The third-order valence-electron chi connectivity index (χ3n) is 2.19. The van der Waals surface area contributed by atoms with Crippen LogP contribution < -0.4 is 4.31 Å². The normalized spacial score (nSPS) is 13.4. The van der Waals surface area contributed by atoms with Crippen LogP contribution in [-0.2, 0) is 10.0 Å². The molecule has 1 aromatic heterocycles. The van der Waals surface area contributed by atoms with Crippen molar-refractivity contribution in [2.24, 2.45) is 5.92 Å². The summed E-state index contributed by atoms with van der Waals surface area (Å²) >= 11 is 5.61. The molecule has 0 radical (unpaired) electrons. The number of sulfonamides is 1. The fourth-order valence-electron chi connectivity index (χ4n) is 1.22. The molecule has 1 atom stereocenters. The molecule has 1 aromatic rings. The largest absolute Gasteiger partial charge is 0.272 e. The van der Waals surface area contributed by atoms with Crippen molar-refractivity contribution in [1.29, 1.82) is 0 Å². The van der Waals surface area contributed by atoms with E-state index in [1.165, 1.54) is 17.5 Å². The van der Waals surface area contributed by atoms with E-state index in [0.29, 0.717) is 11.6 Å². The summed E-state index contributed by atoms with van der Waals surface area (Å²) in [5.74, 6) is 0.313. The van der Waals surface area contributed by atoms with Crippen molar-refractivity contribution in [2.45, 2.75) is 6.92 Å². The average Bonchev–Trinajstić information content (AvgIpc) is 2.28. The van der Waals surface area contributed by atoms with Gasteiger partial charge in [0.2, 0.25) is 10.0 Å². The van der Waals surface area contributed by atoms with Crippen molar-refractivity contribution in [3.8, 4) is 0 Å². The fraction of sp³-hybridized carbons (Fsp3) is 0.500. The predicted molar refractivity (Wildman–Crippen MR) is 66.3 cm³/mol.